The van der Waals surface area contributed by atoms with E-state index in [0.717, 1.165) is 25.7 Å². The molecule has 0 heterocycles. The summed E-state index contributed by atoms with van der Waals surface area (Å²) < 4.78 is 0. The lowest BCUT2D eigenvalue weighted by Crippen LogP contribution is -2.45. The largest absolute Gasteiger partial charge is 0.480 e. The van der Waals surface area contributed by atoms with Crippen molar-refractivity contribution in [3.05, 3.63) is 0 Å². The van der Waals surface area contributed by atoms with E-state index in [9.17, 15) is 9.59 Å². The lowest BCUT2D eigenvalue weighted by atomic mass is 9.85. The minimum absolute atomic E-state index is 0.182. The highest BCUT2D eigenvalue weighted by Gasteiger charge is 2.29. The van der Waals surface area contributed by atoms with E-state index in [4.69, 9.17) is 5.11 Å². The zero-order valence-electron chi connectivity index (χ0n) is 10.7. The smallest absolute Gasteiger partial charge is 0.325 e. The zero-order valence-corrected chi connectivity index (χ0v) is 10.7. The van der Waals surface area contributed by atoms with E-state index in [-0.39, 0.29) is 5.91 Å². The summed E-state index contributed by atoms with van der Waals surface area (Å²) in [7, 11) is 0. The van der Waals surface area contributed by atoms with Crippen molar-refractivity contribution < 1.29 is 14.7 Å². The molecule has 0 spiro atoms. The Morgan fingerprint density at radius 3 is 2.31 bits per heavy atom. The Morgan fingerprint density at radius 2 is 1.88 bits per heavy atom. The van der Waals surface area contributed by atoms with Crippen molar-refractivity contribution in [2.24, 2.45) is 5.41 Å². The molecule has 0 aliphatic carbocycles. The fourth-order valence-electron chi connectivity index (χ4n) is 1.38. The number of nitrogens with one attached hydrogen (secondary N) is 1. The summed E-state index contributed by atoms with van der Waals surface area (Å²) in [6.45, 7) is 7.29. The third-order valence-electron chi connectivity index (χ3n) is 2.74. The van der Waals surface area contributed by atoms with E-state index in [0.29, 0.717) is 0 Å². The molecule has 4 heteroatoms. The van der Waals surface area contributed by atoms with Crippen LogP contribution in [0.5, 0.6) is 0 Å². The second kappa shape index (κ2) is 6.51. The van der Waals surface area contributed by atoms with Crippen molar-refractivity contribution in [3.8, 4) is 0 Å². The standard InChI is InChI=1S/C12H23NO3/c1-5-6-7-8-12(3,4)11(16)13-9(2)10(14)15/h9H,5-8H2,1-4H3,(H,13,16)(H,14,15). The molecule has 0 aliphatic heterocycles. The molecule has 0 fully saturated rings. The van der Waals surface area contributed by atoms with Crippen molar-refractivity contribution in [1.82, 2.24) is 5.32 Å². The van der Waals surface area contributed by atoms with Gasteiger partial charge in [-0.25, -0.2) is 0 Å². The number of aliphatic carboxylic acids is 1. The third kappa shape index (κ3) is 5.14. The van der Waals surface area contributed by atoms with Gasteiger partial charge in [0.25, 0.3) is 0 Å². The minimum Gasteiger partial charge on any atom is -0.480 e. The fraction of sp³-hybridized carbons (Fsp3) is 0.833. The van der Waals surface area contributed by atoms with Gasteiger partial charge >= 0.3 is 5.97 Å². The second-order valence-electron chi connectivity index (χ2n) is 4.87. The number of carboxylic acid groups (broad SMARTS) is 1. The monoisotopic (exact) mass is 229 g/mol. The summed E-state index contributed by atoms with van der Waals surface area (Å²) in [5.41, 5.74) is -0.487. The highest BCUT2D eigenvalue weighted by molar-refractivity contribution is 5.86. The van der Waals surface area contributed by atoms with E-state index >= 15 is 0 Å². The fourth-order valence-corrected chi connectivity index (χ4v) is 1.38. The van der Waals surface area contributed by atoms with E-state index in [1.54, 1.807) is 0 Å². The van der Waals surface area contributed by atoms with Crippen LogP contribution in [0.15, 0.2) is 0 Å². The van der Waals surface area contributed by atoms with Crippen LogP contribution in [0, 0.1) is 5.41 Å². The van der Waals surface area contributed by atoms with Crippen molar-refractivity contribution in [1.29, 1.82) is 0 Å². The van der Waals surface area contributed by atoms with Gasteiger partial charge in [-0.15, -0.1) is 0 Å². The summed E-state index contributed by atoms with van der Waals surface area (Å²) in [6.07, 6.45) is 4.01. The summed E-state index contributed by atoms with van der Waals surface area (Å²) >= 11 is 0. The summed E-state index contributed by atoms with van der Waals surface area (Å²) in [5, 5.41) is 11.2. The highest BCUT2D eigenvalue weighted by atomic mass is 16.4. The molecule has 0 bridgehead atoms. The molecule has 2 N–H and O–H groups in total. The van der Waals surface area contributed by atoms with Gasteiger partial charge in [0, 0.05) is 5.41 Å². The number of amides is 1. The molecule has 0 radical (unpaired) electrons. The van der Waals surface area contributed by atoms with Crippen molar-refractivity contribution in [3.63, 3.8) is 0 Å². The molecule has 0 saturated heterocycles. The van der Waals surface area contributed by atoms with Crippen LogP contribution in [-0.2, 0) is 9.59 Å². The minimum atomic E-state index is -1.00. The van der Waals surface area contributed by atoms with Gasteiger partial charge in [0.2, 0.25) is 5.91 Å². The molecule has 0 aliphatic rings. The Bertz CT molecular complexity index is 249. The number of carbonyl (C=O) groups excluding carboxylic acids is 1. The van der Waals surface area contributed by atoms with Crippen LogP contribution in [0.25, 0.3) is 0 Å². The molecule has 0 rings (SSSR count). The summed E-state index contributed by atoms with van der Waals surface area (Å²) in [6, 6.07) is -0.821. The number of unbranched alkanes of at least 4 members (excludes halogenated alkanes) is 2. The number of carboxylic acids is 1. The molecule has 0 aromatic carbocycles. The Balaban J connectivity index is 4.18. The maximum atomic E-state index is 11.8. The van der Waals surface area contributed by atoms with Gasteiger partial charge in [-0.1, -0.05) is 40.0 Å². The van der Waals surface area contributed by atoms with Crippen LogP contribution in [0.3, 0.4) is 0 Å². The maximum Gasteiger partial charge on any atom is 0.325 e. The van der Waals surface area contributed by atoms with Gasteiger partial charge < -0.3 is 10.4 Å². The zero-order chi connectivity index (χ0) is 12.8. The first kappa shape index (κ1) is 14.9. The van der Waals surface area contributed by atoms with Gasteiger partial charge in [0.1, 0.15) is 6.04 Å². The Labute approximate surface area is 97.4 Å². The van der Waals surface area contributed by atoms with Crippen molar-refractivity contribution in [2.75, 3.05) is 0 Å². The highest BCUT2D eigenvalue weighted by Crippen LogP contribution is 2.24. The number of hydrogen-bond donors (Lipinski definition) is 2. The van der Waals surface area contributed by atoms with E-state index in [1.807, 2.05) is 13.8 Å². The lowest BCUT2D eigenvalue weighted by molar-refractivity contribution is -0.143. The van der Waals surface area contributed by atoms with Crippen molar-refractivity contribution in [2.45, 2.75) is 59.4 Å². The number of rotatable bonds is 7. The molecule has 16 heavy (non-hydrogen) atoms. The molecular formula is C12H23NO3. The second-order valence-corrected chi connectivity index (χ2v) is 4.87. The average molecular weight is 229 g/mol. The van der Waals surface area contributed by atoms with E-state index < -0.39 is 17.4 Å². The Morgan fingerprint density at radius 1 is 1.31 bits per heavy atom. The lowest BCUT2D eigenvalue weighted by Gasteiger charge is -2.24. The molecule has 0 aromatic rings. The molecular weight excluding hydrogens is 206 g/mol. The predicted molar refractivity (Wildman–Crippen MR) is 63.2 cm³/mol. The Kier molecular flexibility index (Phi) is 6.08. The van der Waals surface area contributed by atoms with Gasteiger partial charge in [-0.05, 0) is 13.3 Å². The molecule has 0 aromatic heterocycles. The first-order valence-corrected chi connectivity index (χ1v) is 5.85. The number of hydrogen-bond acceptors (Lipinski definition) is 2. The molecule has 94 valence electrons. The SMILES string of the molecule is CCCCCC(C)(C)C(=O)NC(C)C(=O)O. The van der Waals surface area contributed by atoms with Crippen molar-refractivity contribution >= 4 is 11.9 Å². The first-order chi connectivity index (χ1) is 7.31. The number of carbonyl (C=O) groups is 2. The molecule has 1 unspecified atom stereocenters. The van der Waals surface area contributed by atoms with Gasteiger partial charge in [0.05, 0.1) is 0 Å². The molecule has 1 amide bonds. The molecule has 1 atom stereocenters. The van der Waals surface area contributed by atoms with Crippen LogP contribution in [-0.4, -0.2) is 23.0 Å². The third-order valence-corrected chi connectivity index (χ3v) is 2.74. The summed E-state index contributed by atoms with van der Waals surface area (Å²) in [4.78, 5) is 22.4. The quantitative estimate of drug-likeness (QED) is 0.657. The predicted octanol–water partition coefficient (Wildman–Crippen LogP) is 2.18. The Hall–Kier alpha value is -1.06. The van der Waals surface area contributed by atoms with Crippen LogP contribution in [0.4, 0.5) is 0 Å². The topological polar surface area (TPSA) is 66.4 Å². The average Bonchev–Trinajstić information content (AvgIpc) is 2.17. The van der Waals surface area contributed by atoms with Crippen LogP contribution < -0.4 is 5.32 Å². The van der Waals surface area contributed by atoms with Crippen LogP contribution in [0.2, 0.25) is 0 Å². The van der Waals surface area contributed by atoms with E-state index in [2.05, 4.69) is 12.2 Å². The first-order valence-electron chi connectivity index (χ1n) is 5.85. The van der Waals surface area contributed by atoms with Crippen LogP contribution >= 0.6 is 0 Å². The van der Waals surface area contributed by atoms with Gasteiger partial charge in [-0.3, -0.25) is 9.59 Å². The summed E-state index contributed by atoms with van der Waals surface area (Å²) in [5.74, 6) is -1.18. The molecule has 0 saturated carbocycles. The van der Waals surface area contributed by atoms with Gasteiger partial charge in [-0.2, -0.15) is 0 Å². The van der Waals surface area contributed by atoms with Gasteiger partial charge in [0.15, 0.2) is 0 Å². The van der Waals surface area contributed by atoms with Crippen LogP contribution in [0.1, 0.15) is 53.4 Å². The van der Waals surface area contributed by atoms with E-state index in [1.165, 1.54) is 6.92 Å². The molecule has 4 nitrogen and oxygen atoms in total. The maximum absolute atomic E-state index is 11.8. The normalized spacial score (nSPS) is 13.2.